The van der Waals surface area contributed by atoms with Crippen LogP contribution in [0.4, 0.5) is 25.2 Å². The fourth-order valence-corrected chi connectivity index (χ4v) is 6.21. The predicted molar refractivity (Wildman–Crippen MR) is 196 cm³/mol. The number of para-hydroxylation sites is 4. The normalized spacial score (nSPS) is 13.4. The molecule has 5 nitrogen and oxygen atoms in total. The zero-order chi connectivity index (χ0) is 37.0. The summed E-state index contributed by atoms with van der Waals surface area (Å²) in [6.45, 7) is 6.72. The Hall–Kier alpha value is -5.67. The summed E-state index contributed by atoms with van der Waals surface area (Å²) in [5, 5.41) is 2.35. The molecule has 0 amide bonds. The van der Waals surface area contributed by atoms with Crippen molar-refractivity contribution in [3.05, 3.63) is 152 Å². The van der Waals surface area contributed by atoms with Crippen molar-refractivity contribution >= 4 is 40.6 Å². The quantitative estimate of drug-likeness (QED) is 0.100. The first kappa shape index (κ1) is 34.8. The number of rotatable bonds is 5. The van der Waals surface area contributed by atoms with Crippen LogP contribution >= 0.6 is 7.81 Å². The average Bonchev–Trinajstić information content (AvgIpc) is 3.63. The second-order valence-electron chi connectivity index (χ2n) is 13.4. The summed E-state index contributed by atoms with van der Waals surface area (Å²) in [6.07, 6.45) is 4.01. The SMILES string of the molecule is CC(C)(C)c1cc(Oc2ccc3c4ccccc4n(-c4ccccn4)c3c2)cc(-n2c[n+](-c3ccccc3)c3ccccc32)c1.F[P-](F)(F)(F)(F)F. The van der Waals surface area contributed by atoms with Crippen LogP contribution in [-0.4, -0.2) is 14.1 Å². The first-order chi connectivity index (χ1) is 24.4. The van der Waals surface area contributed by atoms with Gasteiger partial charge in [0.05, 0.1) is 11.0 Å². The van der Waals surface area contributed by atoms with Crippen molar-refractivity contribution in [2.45, 2.75) is 26.2 Å². The minimum atomic E-state index is -10.7. The maximum absolute atomic E-state index is 10.7. The molecule has 0 saturated heterocycles. The molecule has 0 aliphatic rings. The molecule has 12 heteroatoms. The van der Waals surface area contributed by atoms with Crippen LogP contribution in [0.2, 0.25) is 0 Å². The van der Waals surface area contributed by atoms with Gasteiger partial charge in [-0.15, -0.1) is 0 Å². The first-order valence-electron chi connectivity index (χ1n) is 16.3. The molecule has 0 N–H and O–H groups in total. The molecule has 52 heavy (non-hydrogen) atoms. The molecule has 3 heterocycles. The van der Waals surface area contributed by atoms with Gasteiger partial charge in [0, 0.05) is 29.1 Å². The predicted octanol–water partition coefficient (Wildman–Crippen LogP) is 12.9. The fourth-order valence-electron chi connectivity index (χ4n) is 6.21. The molecule has 0 bridgehead atoms. The molecular weight excluding hydrogens is 697 g/mol. The van der Waals surface area contributed by atoms with Gasteiger partial charge in [-0.2, -0.15) is 9.13 Å². The molecule has 0 atom stereocenters. The Bertz CT molecular complexity index is 2570. The second-order valence-corrected chi connectivity index (χ2v) is 15.3. The molecule has 0 aliphatic heterocycles. The molecule has 0 radical (unpaired) electrons. The van der Waals surface area contributed by atoms with Gasteiger partial charge >= 0.3 is 33.0 Å². The van der Waals surface area contributed by atoms with Gasteiger partial charge in [0.1, 0.15) is 28.7 Å². The van der Waals surface area contributed by atoms with Crippen molar-refractivity contribution in [2.75, 3.05) is 0 Å². The summed E-state index contributed by atoms with van der Waals surface area (Å²) in [6, 6.07) is 46.4. The standard InChI is InChI=1S/C40H33N4O.F6P/c1-40(2,3)28-23-30(43-27-42(29-13-5-4-6-14-29)36-17-9-10-18-37(36)43)25-32(24-28)45-31-20-21-34-33-15-7-8-16-35(33)44(38(34)26-31)39-19-11-12-22-41-39;1-7(2,3,4,5)6/h4-27H,1-3H3;/q+1;-1. The van der Waals surface area contributed by atoms with Crippen molar-refractivity contribution in [1.82, 2.24) is 14.1 Å². The molecular formula is C40H33F6N4OP. The number of nitrogens with zero attached hydrogens (tertiary/aromatic N) is 4. The van der Waals surface area contributed by atoms with Crippen LogP contribution in [0.1, 0.15) is 26.3 Å². The second kappa shape index (κ2) is 12.0. The number of aromatic nitrogens is 4. The topological polar surface area (TPSA) is 35.9 Å². The Labute approximate surface area is 295 Å². The van der Waals surface area contributed by atoms with E-state index in [-0.39, 0.29) is 5.41 Å². The van der Waals surface area contributed by atoms with Crippen LogP contribution in [0.5, 0.6) is 11.5 Å². The van der Waals surface area contributed by atoms with Gasteiger partial charge in [-0.1, -0.05) is 75.4 Å². The van der Waals surface area contributed by atoms with Gasteiger partial charge < -0.3 is 4.74 Å². The van der Waals surface area contributed by atoms with Gasteiger partial charge in [-0.3, -0.25) is 4.57 Å². The number of hydrogen-bond acceptors (Lipinski definition) is 2. The number of hydrogen-bond donors (Lipinski definition) is 0. The van der Waals surface area contributed by atoms with Crippen molar-refractivity contribution in [2.24, 2.45) is 0 Å². The van der Waals surface area contributed by atoms with E-state index in [2.05, 4.69) is 155 Å². The van der Waals surface area contributed by atoms with Crippen LogP contribution in [0.3, 0.4) is 0 Å². The van der Waals surface area contributed by atoms with E-state index in [1.807, 2.05) is 30.5 Å². The van der Waals surface area contributed by atoms with Crippen LogP contribution < -0.4 is 9.30 Å². The molecule has 266 valence electrons. The van der Waals surface area contributed by atoms with Gasteiger partial charge in [0.25, 0.3) is 6.33 Å². The summed E-state index contributed by atoms with van der Waals surface area (Å²) in [5.74, 6) is 2.45. The number of imidazole rings is 1. The number of halogens is 6. The van der Waals surface area contributed by atoms with Crippen molar-refractivity contribution < 1.29 is 34.5 Å². The zero-order valence-electron chi connectivity index (χ0n) is 28.3. The molecule has 3 aromatic heterocycles. The Morgan fingerprint density at radius 3 is 1.94 bits per heavy atom. The summed E-state index contributed by atoms with van der Waals surface area (Å²) >= 11 is 0. The molecule has 0 spiro atoms. The third-order valence-corrected chi connectivity index (χ3v) is 8.46. The number of ether oxygens (including phenoxy) is 1. The summed E-state index contributed by atoms with van der Waals surface area (Å²) in [4.78, 5) is 4.69. The summed E-state index contributed by atoms with van der Waals surface area (Å²) < 4.78 is 72.6. The molecule has 0 fully saturated rings. The van der Waals surface area contributed by atoms with E-state index in [0.29, 0.717) is 0 Å². The van der Waals surface area contributed by atoms with E-state index in [9.17, 15) is 25.2 Å². The Balaban J connectivity index is 0.000000548. The van der Waals surface area contributed by atoms with E-state index < -0.39 is 7.81 Å². The van der Waals surface area contributed by atoms with Gasteiger partial charge in [0.15, 0.2) is 11.0 Å². The summed E-state index contributed by atoms with van der Waals surface area (Å²) in [7, 11) is -10.7. The Kier molecular flexibility index (Phi) is 7.99. The van der Waals surface area contributed by atoms with E-state index in [4.69, 9.17) is 4.74 Å². The number of fused-ring (bicyclic) bond motifs is 4. The molecule has 5 aromatic carbocycles. The maximum atomic E-state index is 9.87. The van der Waals surface area contributed by atoms with Crippen molar-refractivity contribution in [3.8, 4) is 28.7 Å². The van der Waals surface area contributed by atoms with Crippen LogP contribution in [0, 0.1) is 0 Å². The third kappa shape index (κ3) is 7.80. The van der Waals surface area contributed by atoms with E-state index in [0.717, 1.165) is 56.1 Å². The van der Waals surface area contributed by atoms with Gasteiger partial charge in [0.2, 0.25) is 0 Å². The van der Waals surface area contributed by atoms with Gasteiger partial charge in [-0.25, -0.2) is 4.98 Å². The van der Waals surface area contributed by atoms with E-state index in [1.54, 1.807) is 0 Å². The molecule has 0 unspecified atom stereocenters. The third-order valence-electron chi connectivity index (χ3n) is 8.46. The molecule has 8 aromatic rings. The number of benzene rings is 5. The average molecular weight is 731 g/mol. The van der Waals surface area contributed by atoms with Crippen molar-refractivity contribution in [3.63, 3.8) is 0 Å². The van der Waals surface area contributed by atoms with E-state index in [1.165, 1.54) is 10.9 Å². The molecule has 8 rings (SSSR count). The van der Waals surface area contributed by atoms with Crippen LogP contribution in [0.25, 0.3) is 50.0 Å². The Morgan fingerprint density at radius 1 is 0.615 bits per heavy atom. The van der Waals surface area contributed by atoms with Crippen molar-refractivity contribution in [1.29, 1.82) is 0 Å². The van der Waals surface area contributed by atoms with E-state index >= 15 is 0 Å². The zero-order valence-corrected chi connectivity index (χ0v) is 29.2. The first-order valence-corrected chi connectivity index (χ1v) is 18.3. The summed E-state index contributed by atoms with van der Waals surface area (Å²) in [5.41, 5.74) is 7.72. The van der Waals surface area contributed by atoms with Crippen LogP contribution in [0.15, 0.2) is 146 Å². The van der Waals surface area contributed by atoms with Gasteiger partial charge in [-0.05, 0) is 77.7 Å². The van der Waals surface area contributed by atoms with Crippen LogP contribution in [-0.2, 0) is 5.41 Å². The number of pyridine rings is 1. The Morgan fingerprint density at radius 2 is 1.25 bits per heavy atom. The molecule has 0 aliphatic carbocycles. The monoisotopic (exact) mass is 730 g/mol. The fraction of sp³-hybridized carbons (Fsp3) is 0.100. The minimum absolute atomic E-state index is 0.0815. The molecule has 0 saturated carbocycles.